The Morgan fingerprint density at radius 3 is 3.07 bits per heavy atom. The molecule has 0 bridgehead atoms. The van der Waals surface area contributed by atoms with Crippen molar-refractivity contribution in [3.05, 3.63) is 0 Å². The predicted molar refractivity (Wildman–Crippen MR) is 55.4 cm³/mol. The molecule has 1 N–H and O–H groups in total. The number of hydrogen-bond acceptors (Lipinski definition) is 3. The Morgan fingerprint density at radius 2 is 2.40 bits per heavy atom. The molecule has 1 heterocycles. The summed E-state index contributed by atoms with van der Waals surface area (Å²) >= 11 is 0. The minimum Gasteiger partial charge on any atom is -0.396 e. The number of rotatable bonds is 3. The van der Waals surface area contributed by atoms with Crippen molar-refractivity contribution in [3.63, 3.8) is 0 Å². The number of aliphatic hydroxyl groups is 1. The van der Waals surface area contributed by atoms with Gasteiger partial charge in [-0.25, -0.2) is 0 Å². The zero-order chi connectivity index (χ0) is 10.9. The van der Waals surface area contributed by atoms with E-state index in [-0.39, 0.29) is 30.6 Å². The van der Waals surface area contributed by atoms with Gasteiger partial charge in [-0.1, -0.05) is 6.42 Å². The lowest BCUT2D eigenvalue weighted by Crippen LogP contribution is -2.42. The summed E-state index contributed by atoms with van der Waals surface area (Å²) in [5.41, 5.74) is 0.00337. The van der Waals surface area contributed by atoms with Crippen LogP contribution in [0, 0.1) is 5.41 Å². The number of aliphatic hydroxyl groups excluding tert-OH is 1. The molecule has 0 spiro atoms. The van der Waals surface area contributed by atoms with Gasteiger partial charge in [-0.3, -0.25) is 4.79 Å². The normalized spacial score (nSPS) is 34.5. The topological polar surface area (TPSA) is 49.8 Å². The van der Waals surface area contributed by atoms with Crippen LogP contribution in [0.3, 0.4) is 0 Å². The van der Waals surface area contributed by atoms with E-state index in [1.165, 1.54) is 0 Å². The van der Waals surface area contributed by atoms with Crippen molar-refractivity contribution in [2.45, 2.75) is 31.7 Å². The molecule has 1 saturated heterocycles. The van der Waals surface area contributed by atoms with Crippen LogP contribution >= 0.6 is 0 Å². The highest BCUT2D eigenvalue weighted by molar-refractivity contribution is 5.78. The van der Waals surface area contributed by atoms with Gasteiger partial charge in [0.05, 0.1) is 6.61 Å². The third-order valence-electron chi connectivity index (χ3n) is 3.99. The van der Waals surface area contributed by atoms with Crippen molar-refractivity contribution in [1.82, 2.24) is 4.90 Å². The van der Waals surface area contributed by atoms with Gasteiger partial charge in [-0.2, -0.15) is 0 Å². The molecule has 0 radical (unpaired) electrons. The first-order valence-corrected chi connectivity index (χ1v) is 5.63. The third-order valence-corrected chi connectivity index (χ3v) is 3.99. The van der Waals surface area contributed by atoms with Crippen LogP contribution in [0.15, 0.2) is 0 Å². The number of carbonyl (C=O) groups is 1. The van der Waals surface area contributed by atoms with E-state index < -0.39 is 0 Å². The molecule has 15 heavy (non-hydrogen) atoms. The van der Waals surface area contributed by atoms with Gasteiger partial charge < -0.3 is 14.7 Å². The molecule has 1 amide bonds. The van der Waals surface area contributed by atoms with Crippen LogP contribution in [0.2, 0.25) is 0 Å². The van der Waals surface area contributed by atoms with E-state index in [2.05, 4.69) is 0 Å². The fraction of sp³-hybridized carbons (Fsp3) is 0.909. The summed E-state index contributed by atoms with van der Waals surface area (Å²) in [4.78, 5) is 13.7. The van der Waals surface area contributed by atoms with E-state index in [1.807, 2.05) is 4.90 Å². The molecule has 0 aromatic rings. The predicted octanol–water partition coefficient (Wildman–Crippen LogP) is 0.396. The van der Waals surface area contributed by atoms with Gasteiger partial charge >= 0.3 is 0 Å². The Hall–Kier alpha value is -0.610. The molecule has 1 aliphatic heterocycles. The van der Waals surface area contributed by atoms with E-state index in [9.17, 15) is 9.90 Å². The number of fused-ring (bicyclic) bond motifs is 1. The van der Waals surface area contributed by atoms with Crippen molar-refractivity contribution in [2.75, 3.05) is 26.9 Å². The van der Waals surface area contributed by atoms with Crippen LogP contribution in [-0.2, 0) is 9.53 Å². The molecule has 1 saturated carbocycles. The first kappa shape index (κ1) is 10.9. The molecule has 4 heteroatoms. The fourth-order valence-corrected chi connectivity index (χ4v) is 3.17. The maximum absolute atomic E-state index is 11.8. The zero-order valence-electron chi connectivity index (χ0n) is 9.24. The minimum absolute atomic E-state index is 0.00337. The van der Waals surface area contributed by atoms with E-state index in [0.29, 0.717) is 0 Å². The molecule has 2 fully saturated rings. The molecular weight excluding hydrogens is 194 g/mol. The summed E-state index contributed by atoms with van der Waals surface area (Å²) in [5, 5.41) is 9.49. The van der Waals surface area contributed by atoms with Gasteiger partial charge in [0.25, 0.3) is 0 Å². The van der Waals surface area contributed by atoms with Crippen molar-refractivity contribution in [1.29, 1.82) is 0 Å². The number of nitrogens with zero attached hydrogens (tertiary/aromatic N) is 1. The van der Waals surface area contributed by atoms with Crippen LogP contribution in [0.25, 0.3) is 0 Å². The van der Waals surface area contributed by atoms with E-state index in [0.717, 1.165) is 32.2 Å². The van der Waals surface area contributed by atoms with Gasteiger partial charge in [0.15, 0.2) is 0 Å². The van der Waals surface area contributed by atoms with Gasteiger partial charge in [0.1, 0.15) is 6.61 Å². The van der Waals surface area contributed by atoms with Gasteiger partial charge in [0.2, 0.25) is 5.91 Å². The number of amides is 1. The third kappa shape index (κ3) is 1.66. The molecule has 2 rings (SSSR count). The highest BCUT2D eigenvalue weighted by Crippen LogP contribution is 2.48. The summed E-state index contributed by atoms with van der Waals surface area (Å²) < 4.78 is 4.88. The minimum atomic E-state index is 0.00337. The smallest absolute Gasteiger partial charge is 0.248 e. The van der Waals surface area contributed by atoms with Crippen LogP contribution in [0.4, 0.5) is 0 Å². The van der Waals surface area contributed by atoms with Crippen LogP contribution in [0.5, 0.6) is 0 Å². The van der Waals surface area contributed by atoms with Gasteiger partial charge in [-0.05, 0) is 19.3 Å². The number of carbonyl (C=O) groups excluding carboxylic acids is 1. The Morgan fingerprint density at radius 1 is 1.60 bits per heavy atom. The van der Waals surface area contributed by atoms with Gasteiger partial charge in [0, 0.05) is 25.1 Å². The number of hydrogen-bond donors (Lipinski definition) is 1. The molecule has 0 aromatic heterocycles. The summed E-state index contributed by atoms with van der Waals surface area (Å²) in [6.07, 6.45) is 4.17. The van der Waals surface area contributed by atoms with Crippen molar-refractivity contribution >= 4 is 5.91 Å². The second kappa shape index (κ2) is 4.10. The lowest BCUT2D eigenvalue weighted by Gasteiger charge is -2.30. The molecule has 2 aliphatic rings. The average molecular weight is 213 g/mol. The molecule has 2 atom stereocenters. The fourth-order valence-electron chi connectivity index (χ4n) is 3.17. The van der Waals surface area contributed by atoms with Gasteiger partial charge in [-0.15, -0.1) is 0 Å². The Labute approximate surface area is 90.2 Å². The van der Waals surface area contributed by atoms with Crippen LogP contribution < -0.4 is 0 Å². The maximum atomic E-state index is 11.8. The molecule has 1 aliphatic carbocycles. The SMILES string of the molecule is COCC(=O)N1CC[C@@]2(CO)CCC[C@@H]12. The Kier molecular flexibility index (Phi) is 2.98. The standard InChI is InChI=1S/C11H19NO3/c1-15-7-10(14)12-6-5-11(8-13)4-2-3-9(11)12/h9,13H,2-8H2,1H3/t9-,11-/m1/s1. The average Bonchev–Trinajstić information content (AvgIpc) is 2.75. The first-order chi connectivity index (χ1) is 7.23. The second-order valence-corrected chi connectivity index (χ2v) is 4.70. The summed E-state index contributed by atoms with van der Waals surface area (Å²) in [6, 6.07) is 0.255. The maximum Gasteiger partial charge on any atom is 0.248 e. The van der Waals surface area contributed by atoms with Crippen molar-refractivity contribution in [3.8, 4) is 0 Å². The molecule has 0 unspecified atom stereocenters. The molecule has 4 nitrogen and oxygen atoms in total. The second-order valence-electron chi connectivity index (χ2n) is 4.70. The van der Waals surface area contributed by atoms with E-state index in [1.54, 1.807) is 7.11 Å². The molecule has 86 valence electrons. The summed E-state index contributed by atoms with van der Waals surface area (Å²) in [5.74, 6) is 0.0692. The number of methoxy groups -OCH3 is 1. The number of ether oxygens (including phenoxy) is 1. The Balaban J connectivity index is 2.08. The Bertz CT molecular complexity index is 256. The highest BCUT2D eigenvalue weighted by atomic mass is 16.5. The first-order valence-electron chi connectivity index (χ1n) is 5.63. The van der Waals surface area contributed by atoms with Crippen molar-refractivity contribution < 1.29 is 14.6 Å². The largest absolute Gasteiger partial charge is 0.396 e. The summed E-state index contributed by atoms with van der Waals surface area (Å²) in [6.45, 7) is 1.17. The quantitative estimate of drug-likeness (QED) is 0.738. The lowest BCUT2D eigenvalue weighted by atomic mass is 9.83. The van der Waals surface area contributed by atoms with Crippen LogP contribution in [-0.4, -0.2) is 48.8 Å². The summed E-state index contributed by atoms with van der Waals surface area (Å²) in [7, 11) is 1.54. The number of likely N-dealkylation sites (tertiary alicyclic amines) is 1. The highest BCUT2D eigenvalue weighted by Gasteiger charge is 2.51. The van der Waals surface area contributed by atoms with Crippen LogP contribution in [0.1, 0.15) is 25.7 Å². The lowest BCUT2D eigenvalue weighted by molar-refractivity contribution is -0.136. The monoisotopic (exact) mass is 213 g/mol. The van der Waals surface area contributed by atoms with E-state index >= 15 is 0 Å². The molecule has 0 aromatic carbocycles. The zero-order valence-corrected chi connectivity index (χ0v) is 9.24. The van der Waals surface area contributed by atoms with Crippen molar-refractivity contribution in [2.24, 2.45) is 5.41 Å². The van der Waals surface area contributed by atoms with E-state index in [4.69, 9.17) is 4.74 Å². The molecular formula is C11H19NO3.